The molecule has 0 saturated heterocycles. The lowest BCUT2D eigenvalue weighted by Gasteiger charge is -2.01. The van der Waals surface area contributed by atoms with Gasteiger partial charge in [-0.25, -0.2) is 4.68 Å². The third-order valence-electron chi connectivity index (χ3n) is 5.19. The average molecular weight is 420 g/mol. The zero-order valence-electron chi connectivity index (χ0n) is 17.4. The second kappa shape index (κ2) is 8.40. The van der Waals surface area contributed by atoms with E-state index >= 15 is 0 Å². The summed E-state index contributed by atoms with van der Waals surface area (Å²) in [5, 5.41) is 5.76. The standard InChI is InChI=1S/C27H20N2O3/c1-31-23-12-7-9-19(16-23)24(30)15-14-21-18-29(22-10-3-2-4-11-22)28-27(21)26-17-20-8-5-6-13-25(20)32-26/h2-18H,1H3. The van der Waals surface area contributed by atoms with Crippen molar-refractivity contribution in [2.75, 3.05) is 7.11 Å². The Morgan fingerprint density at radius 2 is 1.78 bits per heavy atom. The van der Waals surface area contributed by atoms with Gasteiger partial charge in [0.25, 0.3) is 0 Å². The number of benzene rings is 3. The fourth-order valence-electron chi connectivity index (χ4n) is 3.55. The number of rotatable bonds is 6. The normalized spacial score (nSPS) is 11.3. The number of furan rings is 1. The number of ketones is 1. The molecule has 0 radical (unpaired) electrons. The lowest BCUT2D eigenvalue weighted by Crippen LogP contribution is -1.95. The molecule has 2 aromatic heterocycles. The molecule has 5 heteroatoms. The number of nitrogens with zero attached hydrogens (tertiary/aromatic N) is 2. The number of carbonyl (C=O) groups excluding carboxylic acids is 1. The Morgan fingerprint density at radius 3 is 2.59 bits per heavy atom. The number of allylic oxidation sites excluding steroid dienone is 1. The molecule has 0 aliphatic carbocycles. The van der Waals surface area contributed by atoms with Gasteiger partial charge in [0.15, 0.2) is 11.5 Å². The minimum absolute atomic E-state index is 0.119. The van der Waals surface area contributed by atoms with Crippen molar-refractivity contribution in [3.63, 3.8) is 0 Å². The van der Waals surface area contributed by atoms with Crippen molar-refractivity contribution in [2.45, 2.75) is 0 Å². The van der Waals surface area contributed by atoms with Crippen LogP contribution in [0.4, 0.5) is 0 Å². The maximum Gasteiger partial charge on any atom is 0.185 e. The van der Waals surface area contributed by atoms with E-state index < -0.39 is 0 Å². The van der Waals surface area contributed by atoms with Gasteiger partial charge in [0, 0.05) is 22.7 Å². The zero-order chi connectivity index (χ0) is 21.9. The summed E-state index contributed by atoms with van der Waals surface area (Å²) in [6, 6.07) is 26.7. The monoisotopic (exact) mass is 420 g/mol. The van der Waals surface area contributed by atoms with Crippen LogP contribution in [-0.4, -0.2) is 22.7 Å². The molecule has 0 saturated carbocycles. The van der Waals surface area contributed by atoms with Gasteiger partial charge in [-0.2, -0.15) is 5.10 Å². The molecular formula is C27H20N2O3. The molecule has 0 aliphatic heterocycles. The van der Waals surface area contributed by atoms with Crippen LogP contribution in [0, 0.1) is 0 Å². The molecule has 3 aromatic carbocycles. The second-order valence-electron chi connectivity index (χ2n) is 7.29. The molecule has 0 amide bonds. The zero-order valence-corrected chi connectivity index (χ0v) is 17.4. The lowest BCUT2D eigenvalue weighted by atomic mass is 10.1. The van der Waals surface area contributed by atoms with Gasteiger partial charge in [-0.15, -0.1) is 0 Å². The molecule has 2 heterocycles. The first kappa shape index (κ1) is 19.6. The van der Waals surface area contributed by atoms with Crippen LogP contribution in [-0.2, 0) is 0 Å². The summed E-state index contributed by atoms with van der Waals surface area (Å²) >= 11 is 0. The van der Waals surface area contributed by atoms with Crippen LogP contribution in [0.2, 0.25) is 0 Å². The van der Waals surface area contributed by atoms with E-state index in [0.717, 1.165) is 22.2 Å². The van der Waals surface area contributed by atoms with Crippen molar-refractivity contribution >= 4 is 22.8 Å². The Morgan fingerprint density at radius 1 is 0.969 bits per heavy atom. The van der Waals surface area contributed by atoms with Crippen molar-refractivity contribution in [3.8, 4) is 22.9 Å². The number of carbonyl (C=O) groups is 1. The van der Waals surface area contributed by atoms with E-state index in [0.29, 0.717) is 22.8 Å². The summed E-state index contributed by atoms with van der Waals surface area (Å²) in [7, 11) is 1.58. The Balaban J connectivity index is 1.56. The highest BCUT2D eigenvalue weighted by molar-refractivity contribution is 6.07. The van der Waals surface area contributed by atoms with Crippen molar-refractivity contribution < 1.29 is 13.9 Å². The highest BCUT2D eigenvalue weighted by atomic mass is 16.5. The molecule has 5 aromatic rings. The largest absolute Gasteiger partial charge is 0.497 e. The first-order valence-electron chi connectivity index (χ1n) is 10.2. The fourth-order valence-corrected chi connectivity index (χ4v) is 3.55. The number of fused-ring (bicyclic) bond motifs is 1. The summed E-state index contributed by atoms with van der Waals surface area (Å²) in [4.78, 5) is 12.8. The lowest BCUT2D eigenvalue weighted by molar-refractivity contribution is 0.104. The van der Waals surface area contributed by atoms with Crippen LogP contribution in [0.3, 0.4) is 0 Å². The maximum absolute atomic E-state index is 12.8. The van der Waals surface area contributed by atoms with Gasteiger partial charge < -0.3 is 9.15 Å². The second-order valence-corrected chi connectivity index (χ2v) is 7.29. The van der Waals surface area contributed by atoms with Crippen LogP contribution in [0.15, 0.2) is 102 Å². The van der Waals surface area contributed by atoms with E-state index in [9.17, 15) is 4.79 Å². The minimum Gasteiger partial charge on any atom is -0.497 e. The van der Waals surface area contributed by atoms with Gasteiger partial charge in [-0.1, -0.05) is 48.5 Å². The van der Waals surface area contributed by atoms with E-state index in [1.165, 1.54) is 0 Å². The van der Waals surface area contributed by atoms with Crippen molar-refractivity contribution in [3.05, 3.63) is 108 Å². The molecule has 0 N–H and O–H groups in total. The summed E-state index contributed by atoms with van der Waals surface area (Å²) in [5.74, 6) is 1.17. The van der Waals surface area contributed by atoms with Crippen LogP contribution < -0.4 is 4.74 Å². The number of para-hydroxylation sites is 2. The Hall–Kier alpha value is -4.38. The molecule has 0 bridgehead atoms. The van der Waals surface area contributed by atoms with Crippen molar-refractivity contribution in [1.29, 1.82) is 0 Å². The topological polar surface area (TPSA) is 57.3 Å². The maximum atomic E-state index is 12.8. The average Bonchev–Trinajstić information content (AvgIpc) is 3.47. The molecular weight excluding hydrogens is 400 g/mol. The predicted molar refractivity (Wildman–Crippen MR) is 125 cm³/mol. The number of ether oxygens (including phenoxy) is 1. The van der Waals surface area contributed by atoms with E-state index in [2.05, 4.69) is 0 Å². The van der Waals surface area contributed by atoms with E-state index in [-0.39, 0.29) is 5.78 Å². The SMILES string of the molecule is COc1cccc(C(=O)C=Cc2cn(-c3ccccc3)nc2-c2cc3ccccc3o2)c1. The van der Waals surface area contributed by atoms with E-state index in [1.807, 2.05) is 72.9 Å². The van der Waals surface area contributed by atoms with Crippen LogP contribution >= 0.6 is 0 Å². The molecule has 0 fully saturated rings. The predicted octanol–water partition coefficient (Wildman–Crippen LogP) is 6.19. The van der Waals surface area contributed by atoms with Gasteiger partial charge in [0.05, 0.1) is 12.8 Å². The molecule has 32 heavy (non-hydrogen) atoms. The van der Waals surface area contributed by atoms with Gasteiger partial charge in [-0.05, 0) is 48.6 Å². The molecule has 0 aliphatic rings. The number of aromatic nitrogens is 2. The van der Waals surface area contributed by atoms with Gasteiger partial charge in [0.2, 0.25) is 0 Å². The van der Waals surface area contributed by atoms with Gasteiger partial charge in [-0.3, -0.25) is 4.79 Å². The quantitative estimate of drug-likeness (QED) is 0.243. The number of hydrogen-bond acceptors (Lipinski definition) is 4. The van der Waals surface area contributed by atoms with E-state index in [1.54, 1.807) is 42.1 Å². The summed E-state index contributed by atoms with van der Waals surface area (Å²) in [6.45, 7) is 0. The molecule has 0 atom stereocenters. The third-order valence-corrected chi connectivity index (χ3v) is 5.19. The Kier molecular flexibility index (Phi) is 5.14. The first-order valence-corrected chi connectivity index (χ1v) is 10.2. The highest BCUT2D eigenvalue weighted by Crippen LogP contribution is 2.30. The highest BCUT2D eigenvalue weighted by Gasteiger charge is 2.15. The van der Waals surface area contributed by atoms with Crippen molar-refractivity contribution in [1.82, 2.24) is 9.78 Å². The fraction of sp³-hybridized carbons (Fsp3) is 0.0370. The molecule has 5 nitrogen and oxygen atoms in total. The van der Waals surface area contributed by atoms with Crippen LogP contribution in [0.25, 0.3) is 34.2 Å². The van der Waals surface area contributed by atoms with Crippen LogP contribution in [0.1, 0.15) is 15.9 Å². The first-order chi connectivity index (χ1) is 15.7. The molecule has 0 spiro atoms. The van der Waals surface area contributed by atoms with Gasteiger partial charge in [0.1, 0.15) is 17.0 Å². The van der Waals surface area contributed by atoms with Crippen LogP contribution in [0.5, 0.6) is 5.75 Å². The van der Waals surface area contributed by atoms with E-state index in [4.69, 9.17) is 14.3 Å². The smallest absolute Gasteiger partial charge is 0.185 e. The summed E-state index contributed by atoms with van der Waals surface area (Å²) in [6.07, 6.45) is 5.22. The Labute approximate surface area is 185 Å². The Bertz CT molecular complexity index is 1390. The van der Waals surface area contributed by atoms with Crippen molar-refractivity contribution in [2.24, 2.45) is 0 Å². The molecule has 156 valence electrons. The summed E-state index contributed by atoms with van der Waals surface area (Å²) < 4.78 is 13.1. The minimum atomic E-state index is -0.119. The number of methoxy groups -OCH3 is 1. The third kappa shape index (κ3) is 3.84. The summed E-state index contributed by atoms with van der Waals surface area (Å²) in [5.41, 5.74) is 3.72. The number of hydrogen-bond donors (Lipinski definition) is 0. The molecule has 5 rings (SSSR count). The molecule has 0 unspecified atom stereocenters. The van der Waals surface area contributed by atoms with Gasteiger partial charge >= 0.3 is 0 Å².